The number of anilines is 1. The zero-order valence-corrected chi connectivity index (χ0v) is 11.9. The maximum atomic E-state index is 5.90. The molecule has 0 aliphatic heterocycles. The van der Waals surface area contributed by atoms with Crippen LogP contribution in [0.4, 0.5) is 5.82 Å². The smallest absolute Gasteiger partial charge is 0.270 e. The summed E-state index contributed by atoms with van der Waals surface area (Å²) in [5.74, 6) is 0.843. The molecule has 0 atom stereocenters. The molecule has 7 heteroatoms. The van der Waals surface area contributed by atoms with Gasteiger partial charge in [0.05, 0.1) is 24.4 Å². The maximum Gasteiger partial charge on any atom is 0.270 e. The fourth-order valence-electron chi connectivity index (χ4n) is 2.12. The summed E-state index contributed by atoms with van der Waals surface area (Å²) in [6.07, 6.45) is 4.71. The van der Waals surface area contributed by atoms with Crippen LogP contribution in [0.2, 0.25) is 0 Å². The number of nitrogens with zero attached hydrogens (tertiary/aromatic N) is 4. The number of nitrogens with two attached hydrogens (primary N) is 1. The molecule has 0 saturated heterocycles. The highest BCUT2D eigenvalue weighted by atomic mass is 16.4. The largest absolute Gasteiger partial charge is 0.472 e. The van der Waals surface area contributed by atoms with Gasteiger partial charge in [0, 0.05) is 12.6 Å². The molecule has 0 radical (unpaired) electrons. The van der Waals surface area contributed by atoms with E-state index >= 15 is 0 Å². The van der Waals surface area contributed by atoms with E-state index < -0.39 is 0 Å². The van der Waals surface area contributed by atoms with E-state index in [0.717, 1.165) is 11.1 Å². The number of hydrogen-bond donors (Lipinski definition) is 1. The van der Waals surface area contributed by atoms with E-state index in [4.69, 9.17) is 14.6 Å². The second kappa shape index (κ2) is 5.38. The molecule has 0 aliphatic rings. The Balaban J connectivity index is 0.00000169. The van der Waals surface area contributed by atoms with Gasteiger partial charge < -0.3 is 14.6 Å². The van der Waals surface area contributed by atoms with Crippen LogP contribution in [0.25, 0.3) is 34.3 Å². The van der Waals surface area contributed by atoms with Gasteiger partial charge in [-0.05, 0) is 18.2 Å². The zero-order chi connectivity index (χ0) is 15.6. The number of nitrogen functional groups attached to an aromatic ring is 1. The molecule has 3 heterocycles. The Bertz CT molecular complexity index is 938. The van der Waals surface area contributed by atoms with Gasteiger partial charge in [0.2, 0.25) is 5.89 Å². The van der Waals surface area contributed by atoms with E-state index in [0.29, 0.717) is 17.3 Å². The Morgan fingerprint density at radius 3 is 2.57 bits per heavy atom. The van der Waals surface area contributed by atoms with Gasteiger partial charge >= 0.3 is 0 Å². The van der Waals surface area contributed by atoms with E-state index in [-0.39, 0.29) is 13.1 Å². The van der Waals surface area contributed by atoms with Gasteiger partial charge in [-0.1, -0.05) is 18.2 Å². The molecule has 0 saturated carbocycles. The third-order valence-electron chi connectivity index (χ3n) is 3.27. The van der Waals surface area contributed by atoms with Gasteiger partial charge in [0.1, 0.15) is 0 Å². The van der Waals surface area contributed by atoms with Crippen LogP contribution in [0, 0.1) is 0 Å². The third-order valence-corrected chi connectivity index (χ3v) is 3.27. The second-order valence-corrected chi connectivity index (χ2v) is 4.78. The quantitative estimate of drug-likeness (QED) is 0.619. The van der Waals surface area contributed by atoms with E-state index in [1.807, 2.05) is 30.3 Å². The lowest BCUT2D eigenvalue weighted by Crippen LogP contribution is -1.98. The number of furan rings is 1. The maximum absolute atomic E-state index is 5.90. The highest BCUT2D eigenvalue weighted by Crippen LogP contribution is 2.27. The Kier molecular flexibility index (Phi) is 3.09. The minimum Gasteiger partial charge on any atom is -0.472 e. The van der Waals surface area contributed by atoms with E-state index in [1.54, 1.807) is 24.8 Å². The number of rotatable bonds is 3. The molecule has 2 N–H and O–H groups in total. The molecule has 23 heavy (non-hydrogen) atoms. The number of benzene rings is 1. The molecular formula is C16H13N5O2. The average Bonchev–Trinajstić information content (AvgIpc) is 3.28. The van der Waals surface area contributed by atoms with Crippen LogP contribution in [0.1, 0.15) is 1.43 Å². The van der Waals surface area contributed by atoms with Crippen molar-refractivity contribution in [3.05, 3.63) is 55.1 Å². The Morgan fingerprint density at radius 1 is 0.957 bits per heavy atom. The van der Waals surface area contributed by atoms with Gasteiger partial charge in [0.15, 0.2) is 11.5 Å². The van der Waals surface area contributed by atoms with E-state index in [2.05, 4.69) is 20.2 Å². The van der Waals surface area contributed by atoms with Crippen molar-refractivity contribution in [2.24, 2.45) is 0 Å². The molecule has 0 bridgehead atoms. The summed E-state index contributed by atoms with van der Waals surface area (Å²) in [4.78, 5) is 8.59. The predicted octanol–water partition coefficient (Wildman–Crippen LogP) is 3.28. The molecule has 0 amide bonds. The molecule has 1 aromatic carbocycles. The zero-order valence-electron chi connectivity index (χ0n) is 11.9. The third kappa shape index (κ3) is 2.44. The van der Waals surface area contributed by atoms with Crippen LogP contribution in [0.3, 0.4) is 0 Å². The SMILES string of the molecule is Nc1ncc(-c2ccoc2)nc1-c1nnc(-c2ccccc2)o1.[HH]. The minimum absolute atomic E-state index is 0. The van der Waals surface area contributed by atoms with Gasteiger partial charge in [-0.3, -0.25) is 0 Å². The van der Waals surface area contributed by atoms with Crippen molar-refractivity contribution in [2.75, 3.05) is 5.73 Å². The van der Waals surface area contributed by atoms with Gasteiger partial charge in [-0.25, -0.2) is 9.97 Å². The normalized spacial score (nSPS) is 10.8. The first-order chi connectivity index (χ1) is 11.3. The summed E-state index contributed by atoms with van der Waals surface area (Å²) in [6, 6.07) is 11.3. The summed E-state index contributed by atoms with van der Waals surface area (Å²) in [6.45, 7) is 0. The Hall–Kier alpha value is -3.48. The lowest BCUT2D eigenvalue weighted by Gasteiger charge is -2.02. The van der Waals surface area contributed by atoms with Crippen molar-refractivity contribution < 1.29 is 10.3 Å². The molecule has 0 spiro atoms. The molecule has 0 unspecified atom stereocenters. The predicted molar refractivity (Wildman–Crippen MR) is 85.0 cm³/mol. The Morgan fingerprint density at radius 2 is 1.78 bits per heavy atom. The first-order valence-electron chi connectivity index (χ1n) is 6.85. The first-order valence-corrected chi connectivity index (χ1v) is 6.85. The summed E-state index contributed by atoms with van der Waals surface area (Å²) in [5, 5.41) is 8.06. The van der Waals surface area contributed by atoms with Gasteiger partial charge in [-0.2, -0.15) is 0 Å². The van der Waals surface area contributed by atoms with E-state index in [1.165, 1.54) is 0 Å². The molecule has 0 fully saturated rings. The molecule has 4 rings (SSSR count). The molecule has 3 aromatic heterocycles. The van der Waals surface area contributed by atoms with Crippen LogP contribution >= 0.6 is 0 Å². The lowest BCUT2D eigenvalue weighted by molar-refractivity contribution is 0.568. The molecule has 7 nitrogen and oxygen atoms in total. The lowest BCUT2D eigenvalue weighted by atomic mass is 10.2. The van der Waals surface area contributed by atoms with Crippen molar-refractivity contribution in [2.45, 2.75) is 0 Å². The molecule has 4 aromatic rings. The fraction of sp³-hybridized carbons (Fsp3) is 0. The summed E-state index contributed by atoms with van der Waals surface area (Å²) >= 11 is 0. The van der Waals surface area contributed by atoms with Crippen LogP contribution in [-0.2, 0) is 0 Å². The topological polar surface area (TPSA) is 104 Å². The van der Waals surface area contributed by atoms with Crippen molar-refractivity contribution in [3.63, 3.8) is 0 Å². The van der Waals surface area contributed by atoms with Crippen LogP contribution in [0.15, 0.2) is 64.0 Å². The number of hydrogen-bond acceptors (Lipinski definition) is 7. The van der Waals surface area contributed by atoms with Crippen LogP contribution in [-0.4, -0.2) is 20.2 Å². The van der Waals surface area contributed by atoms with Crippen molar-refractivity contribution in [1.82, 2.24) is 20.2 Å². The van der Waals surface area contributed by atoms with Gasteiger partial charge in [-0.15, -0.1) is 10.2 Å². The summed E-state index contributed by atoms with van der Waals surface area (Å²) < 4.78 is 10.7. The molecular weight excluding hydrogens is 294 g/mol. The number of aromatic nitrogens is 4. The van der Waals surface area contributed by atoms with Crippen molar-refractivity contribution >= 4 is 5.82 Å². The monoisotopic (exact) mass is 307 g/mol. The second-order valence-electron chi connectivity index (χ2n) is 4.78. The Labute approximate surface area is 132 Å². The highest BCUT2D eigenvalue weighted by molar-refractivity contribution is 5.68. The average molecular weight is 307 g/mol. The van der Waals surface area contributed by atoms with Crippen LogP contribution < -0.4 is 5.73 Å². The summed E-state index contributed by atoms with van der Waals surface area (Å²) in [7, 11) is 0. The summed E-state index contributed by atoms with van der Waals surface area (Å²) in [5.41, 5.74) is 8.47. The van der Waals surface area contributed by atoms with E-state index in [9.17, 15) is 0 Å². The van der Waals surface area contributed by atoms with Crippen molar-refractivity contribution in [1.29, 1.82) is 0 Å². The van der Waals surface area contributed by atoms with Crippen LogP contribution in [0.5, 0.6) is 0 Å². The first kappa shape index (κ1) is 13.2. The fourth-order valence-corrected chi connectivity index (χ4v) is 2.12. The molecule has 0 aliphatic carbocycles. The standard InChI is InChI=1S/C16H11N5O2.H2/c17-14-13(19-12(8-18-14)11-6-7-22-9-11)16-21-20-15(23-16)10-4-2-1-3-5-10;/h1-9H,(H2,17,18);1H. The minimum atomic E-state index is 0. The van der Waals surface area contributed by atoms with Gasteiger partial charge in [0.25, 0.3) is 5.89 Å². The highest BCUT2D eigenvalue weighted by Gasteiger charge is 2.16. The molecule has 114 valence electrons. The van der Waals surface area contributed by atoms with Crippen molar-refractivity contribution in [3.8, 4) is 34.3 Å².